The van der Waals surface area contributed by atoms with Crippen LogP contribution in [-0.4, -0.2) is 19.9 Å². The van der Waals surface area contributed by atoms with Crippen molar-refractivity contribution in [2.45, 2.75) is 11.8 Å². The van der Waals surface area contributed by atoms with Gasteiger partial charge in [-0.05, 0) is 47.0 Å². The van der Waals surface area contributed by atoms with Gasteiger partial charge in [0, 0.05) is 36.9 Å². The molecule has 4 aromatic rings. The summed E-state index contributed by atoms with van der Waals surface area (Å²) in [6.45, 7) is 0. The van der Waals surface area contributed by atoms with Gasteiger partial charge in [-0.15, -0.1) is 0 Å². The molecule has 3 aromatic heterocycles. The molecule has 4 rings (SSSR count). The number of nitrogens with two attached hydrogens (primary N) is 1. The topological polar surface area (TPSA) is 101 Å². The summed E-state index contributed by atoms with van der Waals surface area (Å²) in [5.41, 5.74) is 9.48. The highest BCUT2D eigenvalue weighted by molar-refractivity contribution is 5.44. The zero-order chi connectivity index (χ0) is 20.1. The first-order chi connectivity index (χ1) is 14.3. The largest absolute Gasteiger partial charge is 0.384 e. The molecule has 0 aliphatic rings. The molecule has 0 aliphatic carbocycles. The van der Waals surface area contributed by atoms with E-state index in [0.29, 0.717) is 17.2 Å². The van der Waals surface area contributed by atoms with E-state index in [1.54, 1.807) is 30.7 Å². The molecular formula is C23H18N6. The minimum atomic E-state index is -0.278. The molecule has 140 valence electrons. The van der Waals surface area contributed by atoms with E-state index in [9.17, 15) is 5.26 Å². The maximum Gasteiger partial charge on any atom is 0.139 e. The van der Waals surface area contributed by atoms with E-state index < -0.39 is 0 Å². The molecule has 0 aliphatic heterocycles. The molecule has 29 heavy (non-hydrogen) atoms. The zero-order valence-corrected chi connectivity index (χ0v) is 15.6. The number of rotatable bonds is 5. The van der Waals surface area contributed by atoms with E-state index in [2.05, 4.69) is 26.0 Å². The van der Waals surface area contributed by atoms with Gasteiger partial charge in [-0.1, -0.05) is 24.3 Å². The number of aromatic nitrogens is 4. The second-order valence-electron chi connectivity index (χ2n) is 6.61. The highest BCUT2D eigenvalue weighted by Gasteiger charge is 2.31. The molecule has 2 N–H and O–H groups in total. The van der Waals surface area contributed by atoms with Gasteiger partial charge >= 0.3 is 0 Å². The van der Waals surface area contributed by atoms with Crippen molar-refractivity contribution in [3.05, 3.63) is 114 Å². The van der Waals surface area contributed by atoms with Crippen molar-refractivity contribution in [3.8, 4) is 6.07 Å². The predicted molar refractivity (Wildman–Crippen MR) is 110 cm³/mol. The van der Waals surface area contributed by atoms with E-state index in [4.69, 9.17) is 5.73 Å². The third-order valence-electron chi connectivity index (χ3n) is 4.77. The van der Waals surface area contributed by atoms with E-state index >= 15 is 0 Å². The zero-order valence-electron chi connectivity index (χ0n) is 15.6. The van der Waals surface area contributed by atoms with E-state index in [-0.39, 0.29) is 11.8 Å². The van der Waals surface area contributed by atoms with Crippen LogP contribution in [0.1, 0.15) is 39.9 Å². The monoisotopic (exact) mass is 378 g/mol. The van der Waals surface area contributed by atoms with Crippen molar-refractivity contribution in [3.63, 3.8) is 0 Å². The minimum absolute atomic E-state index is 0.159. The number of hydrogen-bond acceptors (Lipinski definition) is 6. The van der Waals surface area contributed by atoms with Gasteiger partial charge in [-0.3, -0.25) is 9.97 Å². The number of nitriles is 1. The number of pyridine rings is 2. The third-order valence-corrected chi connectivity index (χ3v) is 4.77. The average molecular weight is 378 g/mol. The Balaban J connectivity index is 1.97. The van der Waals surface area contributed by atoms with Gasteiger partial charge in [0.15, 0.2) is 0 Å². The Bertz CT molecular complexity index is 1100. The lowest BCUT2D eigenvalue weighted by atomic mass is 9.77. The summed E-state index contributed by atoms with van der Waals surface area (Å²) < 4.78 is 0. The van der Waals surface area contributed by atoms with Gasteiger partial charge in [0.2, 0.25) is 0 Å². The fourth-order valence-corrected chi connectivity index (χ4v) is 3.53. The molecule has 0 saturated carbocycles. The lowest BCUT2D eigenvalue weighted by Gasteiger charge is -2.27. The van der Waals surface area contributed by atoms with Crippen LogP contribution in [0.4, 0.5) is 5.82 Å². The molecule has 0 radical (unpaired) electrons. The Labute approximate surface area is 168 Å². The first-order valence-corrected chi connectivity index (χ1v) is 9.14. The number of hydrogen-bond donors (Lipinski definition) is 1. The van der Waals surface area contributed by atoms with Gasteiger partial charge in [0.25, 0.3) is 0 Å². The number of nitrogens with zero attached hydrogens (tertiary/aromatic N) is 5. The van der Waals surface area contributed by atoms with Crippen LogP contribution in [0.25, 0.3) is 0 Å². The fraction of sp³-hybridized carbons (Fsp3) is 0.0870. The highest BCUT2D eigenvalue weighted by Crippen LogP contribution is 2.41. The summed E-state index contributed by atoms with van der Waals surface area (Å²) in [5, 5.41) is 9.41. The predicted octanol–water partition coefficient (Wildman–Crippen LogP) is 3.68. The van der Waals surface area contributed by atoms with Crippen LogP contribution in [0.15, 0.2) is 85.6 Å². The summed E-state index contributed by atoms with van der Waals surface area (Å²) in [4.78, 5) is 17.7. The van der Waals surface area contributed by atoms with E-state index in [0.717, 1.165) is 16.7 Å². The summed E-state index contributed by atoms with van der Waals surface area (Å²) >= 11 is 0. The Morgan fingerprint density at radius 1 is 0.793 bits per heavy atom. The molecule has 1 atom stereocenters. The Hall–Kier alpha value is -4.11. The van der Waals surface area contributed by atoms with Gasteiger partial charge in [-0.2, -0.15) is 5.26 Å². The van der Waals surface area contributed by atoms with Crippen molar-refractivity contribution in [2.24, 2.45) is 0 Å². The summed E-state index contributed by atoms with van der Waals surface area (Å²) in [6.07, 6.45) is 8.82. The molecule has 1 unspecified atom stereocenters. The maximum atomic E-state index is 9.41. The van der Waals surface area contributed by atoms with Crippen LogP contribution < -0.4 is 5.73 Å². The fourth-order valence-electron chi connectivity index (χ4n) is 3.53. The van der Waals surface area contributed by atoms with Crippen molar-refractivity contribution >= 4 is 5.82 Å². The Morgan fingerprint density at radius 3 is 2.07 bits per heavy atom. The van der Waals surface area contributed by atoms with Gasteiger partial charge in [0.1, 0.15) is 11.6 Å². The van der Waals surface area contributed by atoms with E-state index in [1.807, 2.05) is 54.9 Å². The second kappa shape index (κ2) is 8.28. The van der Waals surface area contributed by atoms with Crippen LogP contribution in [0, 0.1) is 11.3 Å². The van der Waals surface area contributed by atoms with Gasteiger partial charge in [0.05, 0.1) is 17.6 Å². The van der Waals surface area contributed by atoms with Crippen LogP contribution in [0.2, 0.25) is 0 Å². The molecule has 1 aromatic carbocycles. The van der Waals surface area contributed by atoms with Crippen molar-refractivity contribution in [2.75, 3.05) is 5.73 Å². The highest BCUT2D eigenvalue weighted by atomic mass is 14.9. The normalized spacial score (nSPS) is 11.7. The summed E-state index contributed by atoms with van der Waals surface area (Å²) in [5.74, 6) is 0.540. The second-order valence-corrected chi connectivity index (χ2v) is 6.61. The van der Waals surface area contributed by atoms with Crippen LogP contribution in [-0.2, 0) is 0 Å². The molecule has 0 fully saturated rings. The molecule has 0 saturated heterocycles. The lowest BCUT2D eigenvalue weighted by Crippen LogP contribution is -2.18. The Kier molecular flexibility index (Phi) is 5.21. The van der Waals surface area contributed by atoms with Crippen molar-refractivity contribution in [1.82, 2.24) is 19.9 Å². The first kappa shape index (κ1) is 18.3. The molecular weight excluding hydrogens is 360 g/mol. The number of benzene rings is 1. The molecule has 0 amide bonds. The summed E-state index contributed by atoms with van der Waals surface area (Å²) in [6, 6.07) is 19.2. The van der Waals surface area contributed by atoms with Gasteiger partial charge < -0.3 is 5.73 Å². The van der Waals surface area contributed by atoms with E-state index in [1.165, 1.54) is 0 Å². The standard InChI is InChI=1S/C23H18N6/c24-13-16-4-1-5-17(12-16)22(23-28-11-8-20(25)29-23)21(18-6-2-9-26-14-18)19-7-3-10-27-15-19/h1-12,14-15,21-22H,(H2,25,28,29). The average Bonchev–Trinajstić information content (AvgIpc) is 2.78. The molecule has 3 heterocycles. The number of anilines is 1. The molecule has 6 heteroatoms. The lowest BCUT2D eigenvalue weighted by molar-refractivity contribution is 0.648. The molecule has 0 bridgehead atoms. The number of nitrogen functional groups attached to an aromatic ring is 1. The Morgan fingerprint density at radius 2 is 1.48 bits per heavy atom. The SMILES string of the molecule is N#Cc1cccc(C(c2nccc(N)n2)C(c2cccnc2)c2cccnc2)c1. The van der Waals surface area contributed by atoms with Crippen LogP contribution in [0.3, 0.4) is 0 Å². The summed E-state index contributed by atoms with van der Waals surface area (Å²) in [7, 11) is 0. The van der Waals surface area contributed by atoms with Gasteiger partial charge in [-0.25, -0.2) is 9.97 Å². The minimum Gasteiger partial charge on any atom is -0.384 e. The van der Waals surface area contributed by atoms with Crippen molar-refractivity contribution in [1.29, 1.82) is 5.26 Å². The quantitative estimate of drug-likeness (QED) is 0.568. The molecule has 6 nitrogen and oxygen atoms in total. The first-order valence-electron chi connectivity index (χ1n) is 9.14. The molecule has 0 spiro atoms. The maximum absolute atomic E-state index is 9.41. The van der Waals surface area contributed by atoms with Crippen molar-refractivity contribution < 1.29 is 0 Å². The third kappa shape index (κ3) is 3.94. The smallest absolute Gasteiger partial charge is 0.139 e. The van der Waals surface area contributed by atoms with Crippen LogP contribution >= 0.6 is 0 Å². The van der Waals surface area contributed by atoms with Crippen LogP contribution in [0.5, 0.6) is 0 Å².